The average molecular weight is 343 g/mol. The number of aromatic nitrogens is 4. The molecule has 134 valence electrons. The lowest BCUT2D eigenvalue weighted by Gasteiger charge is -2.33. The third-order valence-corrected chi connectivity index (χ3v) is 5.27. The quantitative estimate of drug-likeness (QED) is 0.816. The van der Waals surface area contributed by atoms with Gasteiger partial charge in [0.15, 0.2) is 5.82 Å². The van der Waals surface area contributed by atoms with Crippen LogP contribution in [0.1, 0.15) is 19.3 Å². The molecule has 7 heteroatoms. The van der Waals surface area contributed by atoms with Crippen molar-refractivity contribution < 1.29 is 4.74 Å². The maximum atomic E-state index is 12.2. The van der Waals surface area contributed by atoms with Crippen molar-refractivity contribution in [3.8, 4) is 5.82 Å². The van der Waals surface area contributed by atoms with E-state index in [1.54, 1.807) is 27.7 Å². The van der Waals surface area contributed by atoms with Crippen LogP contribution in [0.25, 0.3) is 5.82 Å². The Morgan fingerprint density at radius 3 is 2.72 bits per heavy atom. The molecule has 1 atom stereocenters. The molecule has 0 saturated carbocycles. The smallest absolute Gasteiger partial charge is 0.266 e. The van der Waals surface area contributed by atoms with Gasteiger partial charge in [0.2, 0.25) is 0 Å². The Hall–Kier alpha value is -1.99. The summed E-state index contributed by atoms with van der Waals surface area (Å²) in [6.07, 6.45) is 6.98. The Labute approximate surface area is 147 Å². The summed E-state index contributed by atoms with van der Waals surface area (Å²) >= 11 is 0. The van der Waals surface area contributed by atoms with Gasteiger partial charge in [-0.15, -0.1) is 5.10 Å². The summed E-state index contributed by atoms with van der Waals surface area (Å²) in [7, 11) is 0. The number of nitrogens with zero attached hydrogens (tertiary/aromatic N) is 5. The van der Waals surface area contributed by atoms with Gasteiger partial charge in [-0.05, 0) is 56.3 Å². The minimum absolute atomic E-state index is 0.0403. The Bertz CT molecular complexity index is 728. The minimum atomic E-state index is -0.0403. The summed E-state index contributed by atoms with van der Waals surface area (Å²) in [4.78, 5) is 14.7. The Morgan fingerprint density at radius 1 is 1.12 bits per heavy atom. The van der Waals surface area contributed by atoms with Gasteiger partial charge >= 0.3 is 0 Å². The van der Waals surface area contributed by atoms with Crippen molar-refractivity contribution in [3.05, 3.63) is 40.9 Å². The number of rotatable bonds is 5. The van der Waals surface area contributed by atoms with E-state index in [-0.39, 0.29) is 5.56 Å². The highest BCUT2D eigenvalue weighted by Crippen LogP contribution is 2.21. The molecule has 2 aromatic rings. The van der Waals surface area contributed by atoms with Crippen LogP contribution in [0.4, 0.5) is 0 Å². The Morgan fingerprint density at radius 2 is 2.00 bits per heavy atom. The predicted molar refractivity (Wildman–Crippen MR) is 93.7 cm³/mol. The molecule has 0 spiro atoms. The minimum Gasteiger partial charge on any atom is -0.381 e. The highest BCUT2D eigenvalue weighted by atomic mass is 16.5. The SMILES string of the molecule is O=c1ccc(-n2cccn2)nn1CC1CCN(CC2CCOC2)CC1. The van der Waals surface area contributed by atoms with Crippen molar-refractivity contribution in [1.29, 1.82) is 0 Å². The molecule has 0 amide bonds. The van der Waals surface area contributed by atoms with Crippen molar-refractivity contribution in [2.24, 2.45) is 11.8 Å². The zero-order valence-electron chi connectivity index (χ0n) is 14.5. The number of ether oxygens (including phenoxy) is 1. The maximum Gasteiger partial charge on any atom is 0.266 e. The van der Waals surface area contributed by atoms with Crippen molar-refractivity contribution in [2.45, 2.75) is 25.8 Å². The molecule has 0 radical (unpaired) electrons. The lowest BCUT2D eigenvalue weighted by molar-refractivity contribution is 0.134. The van der Waals surface area contributed by atoms with Gasteiger partial charge in [-0.25, -0.2) is 9.36 Å². The maximum absolute atomic E-state index is 12.2. The van der Waals surface area contributed by atoms with E-state index in [1.807, 2.05) is 12.3 Å². The lowest BCUT2D eigenvalue weighted by Crippen LogP contribution is -2.39. The molecule has 2 saturated heterocycles. The number of hydrogen-bond acceptors (Lipinski definition) is 5. The molecular weight excluding hydrogens is 318 g/mol. The van der Waals surface area contributed by atoms with Gasteiger partial charge < -0.3 is 9.64 Å². The van der Waals surface area contributed by atoms with E-state index in [0.717, 1.165) is 45.7 Å². The molecule has 0 aromatic carbocycles. The summed E-state index contributed by atoms with van der Waals surface area (Å²) in [6.45, 7) is 5.89. The molecule has 25 heavy (non-hydrogen) atoms. The zero-order chi connectivity index (χ0) is 17.1. The first kappa shape index (κ1) is 16.5. The lowest BCUT2D eigenvalue weighted by atomic mass is 9.95. The van der Waals surface area contributed by atoms with Crippen LogP contribution >= 0.6 is 0 Å². The fourth-order valence-corrected chi connectivity index (χ4v) is 3.78. The highest BCUT2D eigenvalue weighted by molar-refractivity contribution is 5.17. The molecule has 7 nitrogen and oxygen atoms in total. The molecule has 0 N–H and O–H groups in total. The predicted octanol–water partition coefficient (Wildman–Crippen LogP) is 1.18. The molecule has 2 aliphatic rings. The molecular formula is C18H25N5O2. The molecule has 2 fully saturated rings. The van der Waals surface area contributed by atoms with E-state index in [1.165, 1.54) is 6.42 Å². The Kier molecular flexibility index (Phi) is 4.94. The van der Waals surface area contributed by atoms with Gasteiger partial charge in [0.25, 0.3) is 5.56 Å². The van der Waals surface area contributed by atoms with Crippen molar-refractivity contribution in [1.82, 2.24) is 24.5 Å². The highest BCUT2D eigenvalue weighted by Gasteiger charge is 2.24. The summed E-state index contributed by atoms with van der Waals surface area (Å²) < 4.78 is 8.76. The molecule has 2 aliphatic heterocycles. The van der Waals surface area contributed by atoms with Crippen LogP contribution in [0.5, 0.6) is 0 Å². The van der Waals surface area contributed by atoms with Gasteiger partial charge in [-0.3, -0.25) is 4.79 Å². The van der Waals surface area contributed by atoms with Gasteiger partial charge in [0.05, 0.1) is 6.61 Å². The second-order valence-electron chi connectivity index (χ2n) is 7.14. The second-order valence-corrected chi connectivity index (χ2v) is 7.14. The van der Waals surface area contributed by atoms with Crippen LogP contribution in [0.3, 0.4) is 0 Å². The summed E-state index contributed by atoms with van der Waals surface area (Å²) in [5, 5.41) is 8.67. The third kappa shape index (κ3) is 3.99. The van der Waals surface area contributed by atoms with Gasteiger partial charge in [0, 0.05) is 38.2 Å². The van der Waals surface area contributed by atoms with E-state index in [0.29, 0.717) is 24.2 Å². The monoisotopic (exact) mass is 343 g/mol. The Balaban J connectivity index is 1.35. The zero-order valence-corrected chi connectivity index (χ0v) is 14.5. The summed E-state index contributed by atoms with van der Waals surface area (Å²) in [6, 6.07) is 5.15. The summed E-state index contributed by atoms with van der Waals surface area (Å²) in [5.74, 6) is 1.89. The molecule has 4 heterocycles. The van der Waals surface area contributed by atoms with E-state index < -0.39 is 0 Å². The van der Waals surface area contributed by atoms with Crippen molar-refractivity contribution >= 4 is 0 Å². The first-order valence-corrected chi connectivity index (χ1v) is 9.16. The van der Waals surface area contributed by atoms with E-state index >= 15 is 0 Å². The molecule has 0 aliphatic carbocycles. The van der Waals surface area contributed by atoms with Crippen LogP contribution in [0, 0.1) is 11.8 Å². The topological polar surface area (TPSA) is 65.2 Å². The fraction of sp³-hybridized carbons (Fsp3) is 0.611. The van der Waals surface area contributed by atoms with Crippen molar-refractivity contribution in [3.63, 3.8) is 0 Å². The average Bonchev–Trinajstić information content (AvgIpc) is 3.32. The largest absolute Gasteiger partial charge is 0.381 e. The van der Waals surface area contributed by atoms with Gasteiger partial charge in [-0.2, -0.15) is 5.10 Å². The first-order chi connectivity index (χ1) is 12.3. The standard InChI is InChI=1S/C18H25N5O2/c24-18-3-2-17(22-8-1-7-19-22)20-23(18)13-15-4-9-21(10-5-15)12-16-6-11-25-14-16/h1-3,7-8,15-16H,4-6,9-14H2. The van der Waals surface area contributed by atoms with Gasteiger partial charge in [-0.1, -0.05) is 0 Å². The third-order valence-electron chi connectivity index (χ3n) is 5.27. The normalized spacial score (nSPS) is 22.5. The fourth-order valence-electron chi connectivity index (χ4n) is 3.78. The van der Waals surface area contributed by atoms with Crippen LogP contribution in [-0.4, -0.2) is 57.3 Å². The van der Waals surface area contributed by atoms with Crippen LogP contribution in [0.15, 0.2) is 35.4 Å². The first-order valence-electron chi connectivity index (χ1n) is 9.16. The molecule has 4 rings (SSSR count). The number of piperidine rings is 1. The summed E-state index contributed by atoms with van der Waals surface area (Å²) in [5.41, 5.74) is -0.0403. The number of likely N-dealkylation sites (tertiary alicyclic amines) is 1. The van der Waals surface area contributed by atoms with Crippen LogP contribution in [0.2, 0.25) is 0 Å². The van der Waals surface area contributed by atoms with Crippen LogP contribution < -0.4 is 5.56 Å². The van der Waals surface area contributed by atoms with Crippen LogP contribution in [-0.2, 0) is 11.3 Å². The second kappa shape index (κ2) is 7.49. The van der Waals surface area contributed by atoms with Gasteiger partial charge in [0.1, 0.15) is 0 Å². The number of hydrogen-bond donors (Lipinski definition) is 0. The molecule has 1 unspecified atom stereocenters. The van der Waals surface area contributed by atoms with E-state index in [9.17, 15) is 4.79 Å². The van der Waals surface area contributed by atoms with Crippen molar-refractivity contribution in [2.75, 3.05) is 32.8 Å². The molecule has 2 aromatic heterocycles. The van der Waals surface area contributed by atoms with E-state index in [4.69, 9.17) is 4.74 Å². The van der Waals surface area contributed by atoms with E-state index in [2.05, 4.69) is 15.1 Å². The molecule has 0 bridgehead atoms.